The summed E-state index contributed by atoms with van der Waals surface area (Å²) in [7, 11) is 0. The molecule has 9 heteroatoms. The molecule has 1 N–H and O–H groups in total. The van der Waals surface area contributed by atoms with Gasteiger partial charge in [0.15, 0.2) is 11.6 Å². The number of rotatable bonds is 8. The maximum absolute atomic E-state index is 13.6. The quantitative estimate of drug-likeness (QED) is 0.330. The van der Waals surface area contributed by atoms with E-state index in [1.54, 1.807) is 25.1 Å². The zero-order valence-electron chi connectivity index (χ0n) is 16.1. The first kappa shape index (κ1) is 22.2. The number of benzene rings is 1. The van der Waals surface area contributed by atoms with Gasteiger partial charge in [0.25, 0.3) is 5.91 Å². The molecule has 0 bridgehead atoms. The number of unbranched alkanes of at least 4 members (excludes halogenated alkanes) is 2. The van der Waals surface area contributed by atoms with Crippen molar-refractivity contribution in [3.05, 3.63) is 52.1 Å². The summed E-state index contributed by atoms with van der Waals surface area (Å²) in [4.78, 5) is 25.1. The Kier molecular flexibility index (Phi) is 7.04. The average Bonchev–Trinajstić information content (AvgIpc) is 3.24. The number of carbonyl (C=O) groups is 2. The van der Waals surface area contributed by atoms with Crippen LogP contribution in [-0.4, -0.2) is 32.7 Å². The smallest absolute Gasteiger partial charge is 0.303 e. The van der Waals surface area contributed by atoms with Gasteiger partial charge in [-0.25, -0.2) is 8.78 Å². The monoisotopic (exact) mass is 451 g/mol. The highest BCUT2D eigenvalue weighted by molar-refractivity contribution is 8.26. The predicted molar refractivity (Wildman–Crippen MR) is 115 cm³/mol. The molecule has 0 radical (unpaired) electrons. The van der Waals surface area contributed by atoms with Crippen LogP contribution >= 0.6 is 24.0 Å². The number of nitrogens with zero attached hydrogens (tertiary/aromatic N) is 1. The fourth-order valence-corrected chi connectivity index (χ4v) is 4.32. The molecule has 0 saturated carbocycles. The van der Waals surface area contributed by atoms with Crippen molar-refractivity contribution in [1.82, 2.24) is 4.90 Å². The molecule has 1 aromatic carbocycles. The molecule has 30 heavy (non-hydrogen) atoms. The molecule has 1 saturated heterocycles. The molecule has 0 atom stereocenters. The van der Waals surface area contributed by atoms with Gasteiger partial charge in [0.05, 0.1) is 4.91 Å². The number of halogens is 2. The molecular weight excluding hydrogens is 432 g/mol. The molecule has 0 aliphatic carbocycles. The highest BCUT2D eigenvalue weighted by Gasteiger charge is 2.31. The molecule has 3 rings (SSSR count). The first-order chi connectivity index (χ1) is 14.3. The van der Waals surface area contributed by atoms with Crippen LogP contribution < -0.4 is 0 Å². The van der Waals surface area contributed by atoms with Gasteiger partial charge in [-0.3, -0.25) is 14.5 Å². The predicted octanol–water partition coefficient (Wildman–Crippen LogP) is 5.38. The number of hydrogen-bond acceptors (Lipinski definition) is 5. The van der Waals surface area contributed by atoms with Gasteiger partial charge in [-0.05, 0) is 49.6 Å². The van der Waals surface area contributed by atoms with E-state index in [9.17, 15) is 18.4 Å². The molecule has 1 amide bonds. The molecule has 1 aromatic heterocycles. The second kappa shape index (κ2) is 9.53. The number of thioether (sulfide) groups is 1. The third kappa shape index (κ3) is 5.14. The molecule has 2 aromatic rings. The Balaban J connectivity index is 1.68. The summed E-state index contributed by atoms with van der Waals surface area (Å²) in [5.41, 5.74) is 0.964. The lowest BCUT2D eigenvalue weighted by Crippen LogP contribution is -2.29. The molecule has 1 fully saturated rings. The van der Waals surface area contributed by atoms with Crippen LogP contribution in [0.3, 0.4) is 0 Å². The normalized spacial score (nSPS) is 15.4. The summed E-state index contributed by atoms with van der Waals surface area (Å²) in [5, 5.41) is 8.66. The van der Waals surface area contributed by atoms with E-state index in [2.05, 4.69) is 0 Å². The number of thiocarbonyl (C=S) groups is 1. The Bertz CT molecular complexity index is 1030. The summed E-state index contributed by atoms with van der Waals surface area (Å²) in [6, 6.07) is 5.47. The van der Waals surface area contributed by atoms with Crippen LogP contribution in [0, 0.1) is 18.6 Å². The van der Waals surface area contributed by atoms with Crippen LogP contribution in [0.15, 0.2) is 33.6 Å². The van der Waals surface area contributed by atoms with Crippen LogP contribution in [0.1, 0.15) is 37.0 Å². The van der Waals surface area contributed by atoms with Gasteiger partial charge in [0, 0.05) is 24.6 Å². The summed E-state index contributed by atoms with van der Waals surface area (Å²) in [5.74, 6) is -2.18. The van der Waals surface area contributed by atoms with Crippen molar-refractivity contribution >= 4 is 46.3 Å². The standard InChI is InChI=1S/C21H19F2NO4S2/c1-12-9-15(22)16(23)11-14(12)17-7-6-13(28-17)10-18-20(27)24(21(29)30-18)8-4-2-3-5-19(25)26/h6-7,9-11H,2-5,8H2,1H3,(H,25,26). The van der Waals surface area contributed by atoms with Crippen molar-refractivity contribution in [3.8, 4) is 11.3 Å². The van der Waals surface area contributed by atoms with Crippen molar-refractivity contribution in [2.75, 3.05) is 6.54 Å². The molecular formula is C21H19F2NO4S2. The van der Waals surface area contributed by atoms with Gasteiger partial charge >= 0.3 is 5.97 Å². The molecule has 2 heterocycles. The Morgan fingerprint density at radius 3 is 2.70 bits per heavy atom. The number of aliphatic carboxylic acids is 1. The lowest BCUT2D eigenvalue weighted by Gasteiger charge is -2.13. The van der Waals surface area contributed by atoms with Gasteiger partial charge in [-0.1, -0.05) is 30.4 Å². The van der Waals surface area contributed by atoms with Crippen molar-refractivity contribution in [3.63, 3.8) is 0 Å². The van der Waals surface area contributed by atoms with Crippen LogP contribution in [0.4, 0.5) is 8.78 Å². The Labute approximate surface area is 181 Å². The SMILES string of the molecule is Cc1cc(F)c(F)cc1-c1ccc(C=C2SC(=S)N(CCCCCC(=O)O)C2=O)o1. The number of aryl methyl sites for hydroxylation is 1. The maximum Gasteiger partial charge on any atom is 0.303 e. The van der Waals surface area contributed by atoms with Crippen molar-refractivity contribution in [2.45, 2.75) is 32.6 Å². The first-order valence-electron chi connectivity index (χ1n) is 9.29. The lowest BCUT2D eigenvalue weighted by atomic mass is 10.1. The van der Waals surface area contributed by atoms with E-state index in [0.717, 1.165) is 23.9 Å². The van der Waals surface area contributed by atoms with Gasteiger partial charge in [-0.15, -0.1) is 0 Å². The molecule has 1 aliphatic rings. The minimum Gasteiger partial charge on any atom is -0.481 e. The third-order valence-electron chi connectivity index (χ3n) is 4.58. The van der Waals surface area contributed by atoms with Crippen molar-refractivity contribution < 1.29 is 27.9 Å². The number of hydrogen-bond donors (Lipinski definition) is 1. The number of furan rings is 1. The Morgan fingerprint density at radius 1 is 1.23 bits per heavy atom. The van der Waals surface area contributed by atoms with E-state index < -0.39 is 17.6 Å². The van der Waals surface area contributed by atoms with E-state index in [1.807, 2.05) is 0 Å². The molecule has 158 valence electrons. The molecule has 0 spiro atoms. The van der Waals surface area contributed by atoms with Crippen molar-refractivity contribution in [2.24, 2.45) is 0 Å². The van der Waals surface area contributed by atoms with Gasteiger partial charge in [0.2, 0.25) is 0 Å². The Morgan fingerprint density at radius 2 is 1.97 bits per heavy atom. The zero-order chi connectivity index (χ0) is 21.8. The van der Waals surface area contributed by atoms with Crippen LogP contribution in [0.2, 0.25) is 0 Å². The molecule has 1 aliphatic heterocycles. The van der Waals surface area contributed by atoms with Gasteiger partial charge in [-0.2, -0.15) is 0 Å². The van der Waals surface area contributed by atoms with E-state index in [-0.39, 0.29) is 12.3 Å². The lowest BCUT2D eigenvalue weighted by molar-refractivity contribution is -0.137. The maximum atomic E-state index is 13.6. The summed E-state index contributed by atoms with van der Waals surface area (Å²) < 4.78 is 33.1. The average molecular weight is 452 g/mol. The topological polar surface area (TPSA) is 70.8 Å². The fourth-order valence-electron chi connectivity index (χ4n) is 3.03. The highest BCUT2D eigenvalue weighted by Crippen LogP contribution is 2.34. The minimum atomic E-state index is -0.960. The third-order valence-corrected chi connectivity index (χ3v) is 5.96. The van der Waals surface area contributed by atoms with Crippen molar-refractivity contribution in [1.29, 1.82) is 0 Å². The summed E-state index contributed by atoms with van der Waals surface area (Å²) in [6.45, 7) is 2.08. The minimum absolute atomic E-state index is 0.108. The van der Waals surface area contributed by atoms with Crippen LogP contribution in [0.25, 0.3) is 17.4 Å². The van der Waals surface area contributed by atoms with Crippen LogP contribution in [0.5, 0.6) is 0 Å². The van der Waals surface area contributed by atoms with E-state index in [0.29, 0.717) is 57.7 Å². The summed E-state index contributed by atoms with van der Waals surface area (Å²) >= 11 is 6.44. The fraction of sp³-hybridized carbons (Fsp3) is 0.286. The van der Waals surface area contributed by atoms with E-state index in [1.165, 1.54) is 4.90 Å². The summed E-state index contributed by atoms with van der Waals surface area (Å²) in [6.07, 6.45) is 3.59. The number of amides is 1. The van der Waals surface area contributed by atoms with Crippen LogP contribution in [-0.2, 0) is 9.59 Å². The second-order valence-corrected chi connectivity index (χ2v) is 8.50. The number of carboxylic acid groups (broad SMARTS) is 1. The van der Waals surface area contributed by atoms with Gasteiger partial charge < -0.3 is 9.52 Å². The molecule has 5 nitrogen and oxygen atoms in total. The van der Waals surface area contributed by atoms with Gasteiger partial charge in [0.1, 0.15) is 15.8 Å². The van der Waals surface area contributed by atoms with E-state index in [4.69, 9.17) is 21.7 Å². The second-order valence-electron chi connectivity index (χ2n) is 6.82. The zero-order valence-corrected chi connectivity index (χ0v) is 17.7. The van der Waals surface area contributed by atoms with E-state index >= 15 is 0 Å². The number of carboxylic acids is 1. The first-order valence-corrected chi connectivity index (χ1v) is 10.5. The highest BCUT2D eigenvalue weighted by atomic mass is 32.2. The molecule has 0 unspecified atom stereocenters. The number of carbonyl (C=O) groups excluding carboxylic acids is 1. The Hall–Kier alpha value is -2.52. The largest absolute Gasteiger partial charge is 0.481 e.